The van der Waals surface area contributed by atoms with Crippen molar-refractivity contribution in [2.75, 3.05) is 24.2 Å². The maximum Gasteiger partial charge on any atom is 0.412 e. The summed E-state index contributed by atoms with van der Waals surface area (Å²) in [6, 6.07) is 14.9. The van der Waals surface area contributed by atoms with Crippen LogP contribution in [-0.2, 0) is 14.8 Å². The SMILES string of the molecule is CCN(c1cc2oc(-c3ccc(Oc4ccccc4F)cc3)c(C(=O)OC(N)=O)c2cc1OC)S(C)(=O)=O. The second-order valence-electron chi connectivity index (χ2n) is 8.02. The molecule has 38 heavy (non-hydrogen) atoms. The van der Waals surface area contributed by atoms with Crippen LogP contribution < -0.4 is 19.5 Å². The molecule has 0 bridgehead atoms. The zero-order valence-corrected chi connectivity index (χ0v) is 21.4. The van der Waals surface area contributed by atoms with Crippen molar-refractivity contribution in [3.05, 3.63) is 72.0 Å². The van der Waals surface area contributed by atoms with Gasteiger partial charge in [-0.25, -0.2) is 22.4 Å². The van der Waals surface area contributed by atoms with Gasteiger partial charge in [-0.1, -0.05) is 12.1 Å². The van der Waals surface area contributed by atoms with Crippen LogP contribution in [0.5, 0.6) is 17.2 Å². The van der Waals surface area contributed by atoms with Crippen molar-refractivity contribution >= 4 is 38.7 Å². The zero-order valence-electron chi connectivity index (χ0n) is 20.6. The van der Waals surface area contributed by atoms with Gasteiger partial charge in [-0.05, 0) is 49.4 Å². The first-order valence-corrected chi connectivity index (χ1v) is 13.0. The number of nitrogens with zero attached hydrogens (tertiary/aromatic N) is 1. The summed E-state index contributed by atoms with van der Waals surface area (Å²) in [5.74, 6) is -1.12. The number of esters is 1. The lowest BCUT2D eigenvalue weighted by Gasteiger charge is -2.22. The number of methoxy groups -OCH3 is 1. The van der Waals surface area contributed by atoms with Crippen LogP contribution in [0, 0.1) is 5.82 Å². The largest absolute Gasteiger partial charge is 0.495 e. The van der Waals surface area contributed by atoms with E-state index in [0.717, 1.165) is 10.6 Å². The van der Waals surface area contributed by atoms with Crippen LogP contribution in [-0.4, -0.2) is 40.4 Å². The lowest BCUT2D eigenvalue weighted by atomic mass is 10.0. The first-order valence-electron chi connectivity index (χ1n) is 11.2. The Hall–Kier alpha value is -4.58. The van der Waals surface area contributed by atoms with Crippen molar-refractivity contribution < 1.29 is 41.0 Å². The van der Waals surface area contributed by atoms with E-state index in [1.165, 1.54) is 49.6 Å². The topological polar surface area (TPSA) is 138 Å². The lowest BCUT2D eigenvalue weighted by molar-refractivity contribution is 0.0640. The number of halogens is 1. The van der Waals surface area contributed by atoms with Crippen molar-refractivity contribution in [3.8, 4) is 28.6 Å². The monoisotopic (exact) mass is 542 g/mol. The molecule has 0 aliphatic carbocycles. The predicted molar refractivity (Wildman–Crippen MR) is 138 cm³/mol. The van der Waals surface area contributed by atoms with E-state index in [4.69, 9.17) is 19.6 Å². The number of fused-ring (bicyclic) bond motifs is 1. The van der Waals surface area contributed by atoms with Gasteiger partial charge in [-0.3, -0.25) is 4.31 Å². The molecule has 0 fully saturated rings. The number of para-hydroxylation sites is 1. The fourth-order valence-corrected chi connectivity index (χ4v) is 4.90. The molecule has 4 aromatic rings. The van der Waals surface area contributed by atoms with Crippen molar-refractivity contribution in [2.24, 2.45) is 5.73 Å². The second kappa shape index (κ2) is 10.4. The third kappa shape index (κ3) is 5.25. The summed E-state index contributed by atoms with van der Waals surface area (Å²) < 4.78 is 61.4. The summed E-state index contributed by atoms with van der Waals surface area (Å²) in [6.07, 6.45) is -0.268. The van der Waals surface area contributed by atoms with E-state index in [1.54, 1.807) is 25.1 Å². The number of carbonyl (C=O) groups is 2. The number of sulfonamides is 1. The summed E-state index contributed by atoms with van der Waals surface area (Å²) in [6.45, 7) is 1.76. The number of benzene rings is 3. The Morgan fingerprint density at radius 1 is 1.05 bits per heavy atom. The van der Waals surface area contributed by atoms with Gasteiger partial charge < -0.3 is 24.4 Å². The molecule has 0 radical (unpaired) electrons. The number of ether oxygens (including phenoxy) is 3. The number of hydrogen-bond donors (Lipinski definition) is 1. The summed E-state index contributed by atoms with van der Waals surface area (Å²) in [7, 11) is -2.33. The van der Waals surface area contributed by atoms with Crippen LogP contribution in [0.15, 0.2) is 65.1 Å². The normalized spacial score (nSPS) is 11.3. The Balaban J connectivity index is 1.86. The van der Waals surface area contributed by atoms with Gasteiger partial charge in [0.2, 0.25) is 10.0 Å². The number of nitrogens with two attached hydrogens (primary N) is 1. The maximum absolute atomic E-state index is 14.0. The van der Waals surface area contributed by atoms with E-state index < -0.39 is 27.9 Å². The number of amides is 1. The fourth-order valence-electron chi connectivity index (χ4n) is 3.93. The van der Waals surface area contributed by atoms with Crippen LogP contribution in [0.25, 0.3) is 22.3 Å². The number of furan rings is 1. The molecule has 0 aliphatic heterocycles. The second-order valence-corrected chi connectivity index (χ2v) is 9.93. The van der Waals surface area contributed by atoms with E-state index in [0.29, 0.717) is 11.3 Å². The molecule has 0 spiro atoms. The predicted octanol–water partition coefficient (Wildman–Crippen LogP) is 5.06. The molecule has 1 amide bonds. The number of rotatable bonds is 8. The first-order chi connectivity index (χ1) is 18.0. The summed E-state index contributed by atoms with van der Waals surface area (Å²) in [5.41, 5.74) is 5.63. The molecule has 0 aliphatic rings. The van der Waals surface area contributed by atoms with E-state index >= 15 is 0 Å². The minimum Gasteiger partial charge on any atom is -0.495 e. The minimum atomic E-state index is -3.67. The highest BCUT2D eigenvalue weighted by atomic mass is 32.2. The molecule has 0 unspecified atom stereocenters. The molecule has 198 valence electrons. The third-order valence-electron chi connectivity index (χ3n) is 5.52. The Morgan fingerprint density at radius 3 is 2.32 bits per heavy atom. The van der Waals surface area contributed by atoms with Gasteiger partial charge in [0.05, 0.1) is 19.1 Å². The van der Waals surface area contributed by atoms with Crippen molar-refractivity contribution in [1.29, 1.82) is 0 Å². The van der Waals surface area contributed by atoms with E-state index in [1.807, 2.05) is 0 Å². The van der Waals surface area contributed by atoms with E-state index in [2.05, 4.69) is 4.74 Å². The van der Waals surface area contributed by atoms with Crippen LogP contribution in [0.2, 0.25) is 0 Å². The quantitative estimate of drug-likeness (QED) is 0.241. The van der Waals surface area contributed by atoms with Gasteiger partial charge in [0.25, 0.3) is 0 Å². The Labute approximate surface area is 217 Å². The van der Waals surface area contributed by atoms with Gasteiger partial charge in [-0.15, -0.1) is 0 Å². The van der Waals surface area contributed by atoms with Gasteiger partial charge >= 0.3 is 12.1 Å². The fraction of sp³-hybridized carbons (Fsp3) is 0.154. The molecule has 4 rings (SSSR count). The van der Waals surface area contributed by atoms with Gasteiger partial charge in [-0.2, -0.15) is 0 Å². The van der Waals surface area contributed by atoms with E-state index in [-0.39, 0.29) is 46.0 Å². The third-order valence-corrected chi connectivity index (χ3v) is 6.78. The Bertz CT molecular complexity index is 1630. The summed E-state index contributed by atoms with van der Waals surface area (Å²) >= 11 is 0. The maximum atomic E-state index is 14.0. The van der Waals surface area contributed by atoms with E-state index in [9.17, 15) is 22.4 Å². The van der Waals surface area contributed by atoms with Gasteiger partial charge in [0, 0.05) is 23.6 Å². The van der Waals surface area contributed by atoms with Crippen molar-refractivity contribution in [2.45, 2.75) is 6.92 Å². The first kappa shape index (κ1) is 26.5. The molecule has 1 heterocycles. The van der Waals surface area contributed by atoms with Crippen LogP contribution in [0.3, 0.4) is 0 Å². The number of carbonyl (C=O) groups excluding carboxylic acids is 2. The highest BCUT2D eigenvalue weighted by Gasteiger charge is 2.28. The minimum absolute atomic E-state index is 0.0188. The Kier molecular flexibility index (Phi) is 7.26. The van der Waals surface area contributed by atoms with Crippen LogP contribution in [0.1, 0.15) is 17.3 Å². The number of hydrogen-bond acceptors (Lipinski definition) is 8. The van der Waals surface area contributed by atoms with Crippen LogP contribution in [0.4, 0.5) is 14.9 Å². The molecule has 3 aromatic carbocycles. The average Bonchev–Trinajstić information content (AvgIpc) is 3.23. The molecule has 2 N–H and O–H groups in total. The van der Waals surface area contributed by atoms with Gasteiger partial charge in [0.15, 0.2) is 11.6 Å². The molecular weight excluding hydrogens is 519 g/mol. The highest BCUT2D eigenvalue weighted by Crippen LogP contribution is 2.41. The summed E-state index contributed by atoms with van der Waals surface area (Å²) in [4.78, 5) is 24.3. The molecule has 10 nitrogen and oxygen atoms in total. The van der Waals surface area contributed by atoms with Crippen molar-refractivity contribution in [3.63, 3.8) is 0 Å². The zero-order chi connectivity index (χ0) is 27.6. The Morgan fingerprint density at radius 2 is 1.74 bits per heavy atom. The lowest BCUT2D eigenvalue weighted by Crippen LogP contribution is -2.29. The standard InChI is InChI=1S/C26H23FN2O8S/c1-4-29(38(3,32)33)19-14-21-17(13-22(19)34-2)23(25(30)37-26(28)31)24(36-21)15-9-11-16(12-10-15)35-20-8-6-5-7-18(20)27/h5-14H,4H2,1-3H3,(H2,28,31). The molecule has 1 aromatic heterocycles. The highest BCUT2D eigenvalue weighted by molar-refractivity contribution is 7.92. The summed E-state index contributed by atoms with van der Waals surface area (Å²) in [5, 5.41) is 0.197. The molecule has 0 saturated carbocycles. The van der Waals surface area contributed by atoms with Crippen molar-refractivity contribution in [1.82, 2.24) is 0 Å². The number of anilines is 1. The molecule has 0 saturated heterocycles. The molecular formula is C26H23FN2O8S. The molecule has 12 heteroatoms. The number of primary amides is 1. The molecule has 0 atom stereocenters. The smallest absolute Gasteiger partial charge is 0.412 e. The average molecular weight is 543 g/mol. The van der Waals surface area contributed by atoms with Gasteiger partial charge in [0.1, 0.15) is 28.4 Å². The van der Waals surface area contributed by atoms with Crippen LogP contribution >= 0.6 is 0 Å².